The van der Waals surface area contributed by atoms with Crippen molar-refractivity contribution >= 4 is 17.6 Å². The number of hydrogen-bond acceptors (Lipinski definition) is 4. The second-order valence-electron chi connectivity index (χ2n) is 4.92. The highest BCUT2D eigenvalue weighted by atomic mass is 16.5. The van der Waals surface area contributed by atoms with Gasteiger partial charge in [0.2, 0.25) is 5.91 Å². The lowest BCUT2D eigenvalue weighted by atomic mass is 10.1. The summed E-state index contributed by atoms with van der Waals surface area (Å²) < 4.78 is 4.80. The first-order valence-electron chi connectivity index (χ1n) is 6.83. The number of likely N-dealkylation sites (N-methyl/N-ethyl adjacent to an activating group) is 1. The molecule has 5 nitrogen and oxygen atoms in total. The van der Waals surface area contributed by atoms with E-state index >= 15 is 0 Å². The van der Waals surface area contributed by atoms with Gasteiger partial charge in [-0.2, -0.15) is 0 Å². The molecule has 1 aliphatic heterocycles. The Morgan fingerprint density at radius 2 is 2.10 bits per heavy atom. The minimum Gasteiger partial charge on any atom is -0.465 e. The van der Waals surface area contributed by atoms with Crippen LogP contribution in [0.1, 0.15) is 29.6 Å². The van der Waals surface area contributed by atoms with Gasteiger partial charge in [-0.15, -0.1) is 0 Å². The van der Waals surface area contributed by atoms with E-state index in [9.17, 15) is 9.59 Å². The van der Waals surface area contributed by atoms with Gasteiger partial charge in [0.05, 0.1) is 18.4 Å². The Balaban J connectivity index is 2.30. The number of benzene rings is 1. The Kier molecular flexibility index (Phi) is 4.61. The molecule has 20 heavy (non-hydrogen) atoms. The summed E-state index contributed by atoms with van der Waals surface area (Å²) in [6.45, 7) is 0.724. The highest BCUT2D eigenvalue weighted by Gasteiger charge is 2.27. The SMILES string of the molecule is COC(=O)c1ccccc1N(C)C1CCCCNC1=O. The fourth-order valence-corrected chi connectivity index (χ4v) is 2.52. The molecule has 1 aliphatic rings. The standard InChI is InChI=1S/C15H20N2O3/c1-17(13-9-5-6-10-16-14(13)18)12-8-4-3-7-11(12)15(19)20-2/h3-4,7-8,13H,5-6,9-10H2,1-2H3,(H,16,18). The second-order valence-corrected chi connectivity index (χ2v) is 4.92. The third kappa shape index (κ3) is 2.92. The van der Waals surface area contributed by atoms with E-state index in [4.69, 9.17) is 4.74 Å². The first kappa shape index (κ1) is 14.4. The van der Waals surface area contributed by atoms with Gasteiger partial charge >= 0.3 is 5.97 Å². The average molecular weight is 276 g/mol. The van der Waals surface area contributed by atoms with Crippen LogP contribution in [0.15, 0.2) is 24.3 Å². The number of ether oxygens (including phenoxy) is 1. The zero-order valence-corrected chi connectivity index (χ0v) is 11.9. The molecule has 0 radical (unpaired) electrons. The molecule has 0 aromatic heterocycles. The van der Waals surface area contributed by atoms with Crippen LogP contribution in [0.5, 0.6) is 0 Å². The van der Waals surface area contributed by atoms with Crippen LogP contribution in [0.4, 0.5) is 5.69 Å². The molecule has 1 aromatic rings. The lowest BCUT2D eigenvalue weighted by Crippen LogP contribution is -2.44. The van der Waals surface area contributed by atoms with Gasteiger partial charge in [-0.25, -0.2) is 4.79 Å². The Morgan fingerprint density at radius 3 is 2.85 bits per heavy atom. The molecule has 1 amide bonds. The van der Waals surface area contributed by atoms with Gasteiger partial charge in [0.25, 0.3) is 0 Å². The molecule has 1 heterocycles. The van der Waals surface area contributed by atoms with Crippen LogP contribution in [-0.2, 0) is 9.53 Å². The number of hydrogen-bond donors (Lipinski definition) is 1. The fraction of sp³-hybridized carbons (Fsp3) is 0.467. The van der Waals surface area contributed by atoms with Crippen LogP contribution in [0.2, 0.25) is 0 Å². The largest absolute Gasteiger partial charge is 0.465 e. The summed E-state index contributed by atoms with van der Waals surface area (Å²) >= 11 is 0. The van der Waals surface area contributed by atoms with Crippen molar-refractivity contribution in [2.75, 3.05) is 25.6 Å². The molecule has 1 atom stereocenters. The van der Waals surface area contributed by atoms with E-state index in [1.54, 1.807) is 12.1 Å². The number of nitrogens with zero attached hydrogens (tertiary/aromatic N) is 1. The Hall–Kier alpha value is -2.04. The van der Waals surface area contributed by atoms with Crippen molar-refractivity contribution in [1.82, 2.24) is 5.32 Å². The maximum atomic E-state index is 12.1. The zero-order chi connectivity index (χ0) is 14.5. The van der Waals surface area contributed by atoms with Crippen LogP contribution >= 0.6 is 0 Å². The molecule has 1 fully saturated rings. The Bertz CT molecular complexity index is 502. The smallest absolute Gasteiger partial charge is 0.339 e. The summed E-state index contributed by atoms with van der Waals surface area (Å²) in [7, 11) is 3.20. The normalized spacial score (nSPS) is 18.9. The Labute approximate surface area is 118 Å². The average Bonchev–Trinajstić information content (AvgIpc) is 2.70. The maximum absolute atomic E-state index is 12.1. The van der Waals surface area contributed by atoms with Gasteiger partial charge in [0, 0.05) is 13.6 Å². The van der Waals surface area contributed by atoms with Gasteiger partial charge in [0.15, 0.2) is 0 Å². The number of amides is 1. The number of anilines is 1. The molecule has 2 rings (SSSR count). The molecule has 0 bridgehead atoms. The van der Waals surface area contributed by atoms with Crippen molar-refractivity contribution < 1.29 is 14.3 Å². The fourth-order valence-electron chi connectivity index (χ4n) is 2.52. The second kappa shape index (κ2) is 6.41. The highest BCUT2D eigenvalue weighted by Crippen LogP contribution is 2.24. The molecule has 1 unspecified atom stereocenters. The molecule has 1 aromatic carbocycles. The van der Waals surface area contributed by atoms with Crippen molar-refractivity contribution in [2.24, 2.45) is 0 Å². The van der Waals surface area contributed by atoms with Crippen molar-refractivity contribution in [2.45, 2.75) is 25.3 Å². The molecule has 5 heteroatoms. The van der Waals surface area contributed by atoms with Gasteiger partial charge in [-0.05, 0) is 31.4 Å². The summed E-state index contributed by atoms with van der Waals surface area (Å²) in [5.41, 5.74) is 1.20. The van der Waals surface area contributed by atoms with Gasteiger partial charge in [0.1, 0.15) is 6.04 Å². The van der Waals surface area contributed by atoms with E-state index in [1.807, 2.05) is 24.1 Å². The van der Waals surface area contributed by atoms with Crippen LogP contribution in [0, 0.1) is 0 Å². The van der Waals surface area contributed by atoms with E-state index < -0.39 is 0 Å². The first-order valence-corrected chi connectivity index (χ1v) is 6.83. The molecule has 1 N–H and O–H groups in total. The highest BCUT2D eigenvalue weighted by molar-refractivity contribution is 5.97. The number of rotatable bonds is 3. The third-order valence-electron chi connectivity index (χ3n) is 3.66. The predicted molar refractivity (Wildman–Crippen MR) is 76.8 cm³/mol. The van der Waals surface area contributed by atoms with Crippen molar-refractivity contribution in [3.63, 3.8) is 0 Å². The van der Waals surface area contributed by atoms with Crippen LogP contribution in [0.3, 0.4) is 0 Å². The topological polar surface area (TPSA) is 58.6 Å². The van der Waals surface area contributed by atoms with Crippen LogP contribution < -0.4 is 10.2 Å². The molecule has 0 spiro atoms. The number of carbonyl (C=O) groups excluding carboxylic acids is 2. The monoisotopic (exact) mass is 276 g/mol. The molecular weight excluding hydrogens is 256 g/mol. The predicted octanol–water partition coefficient (Wildman–Crippen LogP) is 1.58. The summed E-state index contributed by atoms with van der Waals surface area (Å²) in [5.74, 6) is -0.369. The number of carbonyl (C=O) groups is 2. The minimum atomic E-state index is -0.388. The van der Waals surface area contributed by atoms with Crippen molar-refractivity contribution in [1.29, 1.82) is 0 Å². The molecule has 1 saturated heterocycles. The van der Waals surface area contributed by atoms with Gasteiger partial charge < -0.3 is 15.0 Å². The quantitative estimate of drug-likeness (QED) is 0.852. The van der Waals surface area contributed by atoms with E-state index in [0.29, 0.717) is 5.56 Å². The minimum absolute atomic E-state index is 0.0182. The summed E-state index contributed by atoms with van der Waals surface area (Å²) in [6, 6.07) is 6.95. The molecule has 0 saturated carbocycles. The molecule has 108 valence electrons. The van der Waals surface area contributed by atoms with E-state index in [-0.39, 0.29) is 17.9 Å². The van der Waals surface area contributed by atoms with Gasteiger partial charge in [-0.1, -0.05) is 12.1 Å². The lowest BCUT2D eigenvalue weighted by molar-refractivity contribution is -0.122. The number of nitrogens with one attached hydrogen (secondary N) is 1. The summed E-state index contributed by atoms with van der Waals surface area (Å²) in [4.78, 5) is 25.8. The number of esters is 1. The molecular formula is C15H20N2O3. The van der Waals surface area contributed by atoms with E-state index in [0.717, 1.165) is 31.5 Å². The zero-order valence-electron chi connectivity index (χ0n) is 11.9. The lowest BCUT2D eigenvalue weighted by Gasteiger charge is -2.29. The Morgan fingerprint density at radius 1 is 1.35 bits per heavy atom. The van der Waals surface area contributed by atoms with E-state index in [2.05, 4.69) is 5.32 Å². The first-order chi connectivity index (χ1) is 9.65. The summed E-state index contributed by atoms with van der Waals surface area (Å²) in [5, 5.41) is 2.91. The van der Waals surface area contributed by atoms with E-state index in [1.165, 1.54) is 7.11 Å². The van der Waals surface area contributed by atoms with Gasteiger partial charge in [-0.3, -0.25) is 4.79 Å². The van der Waals surface area contributed by atoms with Crippen LogP contribution in [0.25, 0.3) is 0 Å². The van der Waals surface area contributed by atoms with Crippen LogP contribution in [-0.4, -0.2) is 38.6 Å². The van der Waals surface area contributed by atoms with Crippen molar-refractivity contribution in [3.8, 4) is 0 Å². The number of para-hydroxylation sites is 1. The molecule has 0 aliphatic carbocycles. The maximum Gasteiger partial charge on any atom is 0.339 e. The summed E-state index contributed by atoms with van der Waals surface area (Å²) in [6.07, 6.45) is 2.78. The van der Waals surface area contributed by atoms with Crippen molar-refractivity contribution in [3.05, 3.63) is 29.8 Å². The number of methoxy groups -OCH3 is 1. The third-order valence-corrected chi connectivity index (χ3v) is 3.66.